The van der Waals surface area contributed by atoms with Crippen LogP contribution in [0.15, 0.2) is 47.6 Å². The highest BCUT2D eigenvalue weighted by atomic mass is 35.5. The summed E-state index contributed by atoms with van der Waals surface area (Å²) in [7, 11) is 0. The van der Waals surface area contributed by atoms with Gasteiger partial charge in [0.2, 0.25) is 5.91 Å². The summed E-state index contributed by atoms with van der Waals surface area (Å²) >= 11 is 18.6. The third-order valence-electron chi connectivity index (χ3n) is 4.85. The molecule has 0 aliphatic carbocycles. The Balaban J connectivity index is 2.12. The minimum absolute atomic E-state index is 0.0704. The number of piperazine rings is 1. The van der Waals surface area contributed by atoms with Gasteiger partial charge in [0.25, 0.3) is 0 Å². The van der Waals surface area contributed by atoms with Crippen LogP contribution in [-0.2, 0) is 4.79 Å². The normalized spacial score (nSPS) is 19.3. The topological polar surface area (TPSA) is 72.3 Å². The minimum Gasteiger partial charge on any atom is -0.359 e. The van der Waals surface area contributed by atoms with E-state index in [1.807, 2.05) is 18.2 Å². The molecule has 1 saturated heterocycles. The van der Waals surface area contributed by atoms with Gasteiger partial charge in [-0.2, -0.15) is 0 Å². The number of benzene rings is 2. The van der Waals surface area contributed by atoms with E-state index in [0.29, 0.717) is 28.2 Å². The van der Waals surface area contributed by atoms with Crippen LogP contribution in [0, 0.1) is 0 Å². The third-order valence-corrected chi connectivity index (χ3v) is 5.64. The Morgan fingerprint density at radius 3 is 2.43 bits per heavy atom. The molecule has 9 heteroatoms. The fraction of sp³-hybridized carbons (Fsp3) is 0.316. The van der Waals surface area contributed by atoms with Crippen LogP contribution in [0.1, 0.15) is 18.5 Å². The molecule has 1 aliphatic rings. The molecule has 2 atom stereocenters. The van der Waals surface area contributed by atoms with Crippen molar-refractivity contribution in [1.82, 2.24) is 4.90 Å². The van der Waals surface area contributed by atoms with E-state index < -0.39 is 0 Å². The quantitative estimate of drug-likeness (QED) is 0.347. The van der Waals surface area contributed by atoms with Gasteiger partial charge in [0.15, 0.2) is 0 Å². The number of carbonyl (C=O) groups excluding carboxylic acids is 1. The maximum atomic E-state index is 12.3. The van der Waals surface area contributed by atoms with Crippen LogP contribution in [0.4, 0.5) is 5.69 Å². The summed E-state index contributed by atoms with van der Waals surface area (Å²) in [5, 5.41) is 5.45. The second-order valence-electron chi connectivity index (χ2n) is 6.48. The minimum atomic E-state index is -0.352. The van der Waals surface area contributed by atoms with Crippen LogP contribution in [0.3, 0.4) is 0 Å². The van der Waals surface area contributed by atoms with Gasteiger partial charge < -0.3 is 9.80 Å². The molecule has 0 saturated carbocycles. The zero-order valence-electron chi connectivity index (χ0n) is 15.1. The lowest BCUT2D eigenvalue weighted by atomic mass is 9.93. The van der Waals surface area contributed by atoms with Gasteiger partial charge in [-0.1, -0.05) is 52.0 Å². The summed E-state index contributed by atoms with van der Waals surface area (Å²) in [4.78, 5) is 19.0. The van der Waals surface area contributed by atoms with E-state index in [9.17, 15) is 4.79 Å². The molecule has 0 unspecified atom stereocenters. The van der Waals surface area contributed by atoms with Crippen LogP contribution in [0.25, 0.3) is 10.4 Å². The molecule has 0 bridgehead atoms. The van der Waals surface area contributed by atoms with E-state index >= 15 is 0 Å². The van der Waals surface area contributed by atoms with Crippen molar-refractivity contribution in [3.63, 3.8) is 0 Å². The second-order valence-corrected chi connectivity index (χ2v) is 7.76. The van der Waals surface area contributed by atoms with Crippen molar-refractivity contribution in [1.29, 1.82) is 0 Å². The van der Waals surface area contributed by atoms with E-state index in [1.165, 1.54) is 6.92 Å². The number of hydrogen-bond donors (Lipinski definition) is 0. The first kappa shape index (κ1) is 20.6. The SMILES string of the molecule is CC(=O)N1CCN(c2ccc(Cl)cc2Cl)[C@@H](c2ccc(Cl)cc2)[C@H]1CN=[N+]=[N-]. The van der Waals surface area contributed by atoms with Gasteiger partial charge in [0.05, 0.1) is 22.8 Å². The molecule has 1 aliphatic heterocycles. The Morgan fingerprint density at radius 1 is 1.14 bits per heavy atom. The molecule has 3 rings (SSSR count). The Morgan fingerprint density at radius 2 is 1.82 bits per heavy atom. The maximum absolute atomic E-state index is 12.3. The smallest absolute Gasteiger partial charge is 0.219 e. The molecule has 2 aromatic carbocycles. The molecule has 28 heavy (non-hydrogen) atoms. The molecule has 146 valence electrons. The van der Waals surface area contributed by atoms with Crippen LogP contribution in [0.5, 0.6) is 0 Å². The van der Waals surface area contributed by atoms with Crippen LogP contribution < -0.4 is 4.90 Å². The lowest BCUT2D eigenvalue weighted by Gasteiger charge is -2.48. The standard InChI is InChI=1S/C19H18Cl3N5O/c1-12(28)26-8-9-27(17-7-6-15(21)10-16(17)22)19(18(26)11-24-25-23)13-2-4-14(20)5-3-13/h2-7,10,18-19H,8-9,11H2,1H3/t18-,19+/m1/s1. The zero-order chi connectivity index (χ0) is 20.3. The van der Waals surface area contributed by atoms with Crippen LogP contribution >= 0.6 is 34.8 Å². The molecule has 0 aromatic heterocycles. The van der Waals surface area contributed by atoms with Crippen molar-refractivity contribution in [2.45, 2.75) is 19.0 Å². The van der Waals surface area contributed by atoms with Gasteiger partial charge in [0.1, 0.15) is 0 Å². The molecule has 0 spiro atoms. The van der Waals surface area contributed by atoms with Gasteiger partial charge in [-0.25, -0.2) is 0 Å². The van der Waals surface area contributed by atoms with Gasteiger partial charge in [0, 0.05) is 41.5 Å². The van der Waals surface area contributed by atoms with Crippen molar-refractivity contribution in [2.24, 2.45) is 5.11 Å². The Bertz CT molecular complexity index is 914. The second kappa shape index (κ2) is 8.93. The molecule has 0 N–H and O–H groups in total. The number of azide groups is 1. The highest BCUT2D eigenvalue weighted by Crippen LogP contribution is 2.39. The number of anilines is 1. The molecule has 2 aromatic rings. The first-order valence-corrected chi connectivity index (χ1v) is 9.81. The Labute approximate surface area is 178 Å². The number of rotatable bonds is 4. The van der Waals surface area contributed by atoms with Crippen molar-refractivity contribution >= 4 is 46.4 Å². The highest BCUT2D eigenvalue weighted by Gasteiger charge is 2.39. The largest absolute Gasteiger partial charge is 0.359 e. The Hall–Kier alpha value is -2.11. The molecule has 0 radical (unpaired) electrons. The van der Waals surface area contributed by atoms with E-state index in [-0.39, 0.29) is 24.5 Å². The molecular weight excluding hydrogens is 421 g/mol. The molecule has 1 fully saturated rings. The van der Waals surface area contributed by atoms with E-state index in [0.717, 1.165) is 11.3 Å². The molecular formula is C19H18Cl3N5O. The third kappa shape index (κ3) is 4.31. The maximum Gasteiger partial charge on any atom is 0.219 e. The van der Waals surface area contributed by atoms with Crippen molar-refractivity contribution in [3.05, 3.63) is 73.5 Å². The number of amides is 1. The van der Waals surface area contributed by atoms with Crippen LogP contribution in [-0.4, -0.2) is 36.5 Å². The lowest BCUT2D eigenvalue weighted by molar-refractivity contribution is -0.132. The molecule has 1 heterocycles. The highest BCUT2D eigenvalue weighted by molar-refractivity contribution is 6.36. The summed E-state index contributed by atoms with van der Waals surface area (Å²) in [6.45, 7) is 2.73. The molecule has 1 amide bonds. The first-order chi connectivity index (χ1) is 13.4. The van der Waals surface area contributed by atoms with Gasteiger partial charge in [-0.3, -0.25) is 4.79 Å². The zero-order valence-corrected chi connectivity index (χ0v) is 17.4. The van der Waals surface area contributed by atoms with Crippen LogP contribution in [0.2, 0.25) is 15.1 Å². The van der Waals surface area contributed by atoms with E-state index in [4.69, 9.17) is 40.3 Å². The summed E-state index contributed by atoms with van der Waals surface area (Å²) in [6.07, 6.45) is 0. The fourth-order valence-corrected chi connectivity index (χ4v) is 4.30. The van der Waals surface area contributed by atoms with E-state index in [2.05, 4.69) is 14.9 Å². The summed E-state index contributed by atoms with van der Waals surface area (Å²) in [6, 6.07) is 12.1. The summed E-state index contributed by atoms with van der Waals surface area (Å²) in [5.74, 6) is -0.0704. The monoisotopic (exact) mass is 437 g/mol. The number of carbonyl (C=O) groups is 1. The predicted octanol–water partition coefficient (Wildman–Crippen LogP) is 5.74. The van der Waals surface area contributed by atoms with Crippen molar-refractivity contribution in [3.8, 4) is 0 Å². The predicted molar refractivity (Wildman–Crippen MR) is 113 cm³/mol. The fourth-order valence-electron chi connectivity index (χ4n) is 3.65. The first-order valence-electron chi connectivity index (χ1n) is 8.67. The number of nitrogens with zero attached hydrogens (tertiary/aromatic N) is 5. The summed E-state index contributed by atoms with van der Waals surface area (Å²) < 4.78 is 0. The average molecular weight is 439 g/mol. The lowest BCUT2D eigenvalue weighted by Crippen LogP contribution is -2.57. The molecule has 6 nitrogen and oxygen atoms in total. The number of halogens is 3. The Kier molecular flexibility index (Phi) is 6.57. The van der Waals surface area contributed by atoms with Gasteiger partial charge in [-0.15, -0.1) is 0 Å². The van der Waals surface area contributed by atoms with Gasteiger partial charge >= 0.3 is 0 Å². The summed E-state index contributed by atoms with van der Waals surface area (Å²) in [5.41, 5.74) is 10.6. The van der Waals surface area contributed by atoms with Gasteiger partial charge in [-0.05, 0) is 41.4 Å². The van der Waals surface area contributed by atoms with E-state index in [1.54, 1.807) is 29.2 Å². The average Bonchev–Trinajstić information content (AvgIpc) is 2.66. The number of hydrogen-bond acceptors (Lipinski definition) is 3. The van der Waals surface area contributed by atoms with Crippen molar-refractivity contribution in [2.75, 3.05) is 24.5 Å². The van der Waals surface area contributed by atoms with Crippen molar-refractivity contribution < 1.29 is 4.79 Å².